The number of amides is 2. The molecule has 1 aromatic carbocycles. The number of carboxylic acid groups (broad SMARTS) is 1. The molecule has 6 rings (SSSR count). The number of ether oxygens (including phenoxy) is 1. The Morgan fingerprint density at radius 2 is 1.82 bits per heavy atom. The lowest BCUT2D eigenvalue weighted by atomic mass is 9.78. The summed E-state index contributed by atoms with van der Waals surface area (Å²) in [6.07, 6.45) is 0.0760. The summed E-state index contributed by atoms with van der Waals surface area (Å²) in [6.45, 7) is 11.2. The van der Waals surface area contributed by atoms with E-state index in [4.69, 9.17) is 10.5 Å². The van der Waals surface area contributed by atoms with Crippen molar-refractivity contribution in [3.05, 3.63) is 38.6 Å². The van der Waals surface area contributed by atoms with Crippen molar-refractivity contribution in [2.75, 3.05) is 59.0 Å². The first kappa shape index (κ1) is 27.4. The van der Waals surface area contributed by atoms with Crippen LogP contribution in [-0.4, -0.2) is 113 Å². The normalized spacial score (nSPS) is 32.7. The Morgan fingerprint density at radius 1 is 1.18 bits per heavy atom. The zero-order valence-corrected chi connectivity index (χ0v) is 24.1. The van der Waals surface area contributed by atoms with E-state index in [-0.39, 0.29) is 36.1 Å². The Morgan fingerprint density at radius 3 is 2.39 bits per heavy atom. The van der Waals surface area contributed by atoms with Gasteiger partial charge in [-0.2, -0.15) is 0 Å². The van der Waals surface area contributed by atoms with E-state index in [0.29, 0.717) is 17.9 Å². The van der Waals surface area contributed by atoms with Crippen molar-refractivity contribution in [1.82, 2.24) is 4.90 Å². The maximum Gasteiger partial charge on any atom is 0.352 e. The number of halogens is 1. The summed E-state index contributed by atoms with van der Waals surface area (Å²) in [5, 5.41) is 19.9. The third-order valence-corrected chi connectivity index (χ3v) is 10.3. The third-order valence-electron chi connectivity index (χ3n) is 9.41. The van der Waals surface area contributed by atoms with Crippen LogP contribution in [0.15, 0.2) is 29.5 Å². The number of β-lactam (4-membered cyclic amide) rings is 1. The zero-order chi connectivity index (χ0) is 27.4. The predicted molar refractivity (Wildman–Crippen MR) is 147 cm³/mol. The molecule has 4 saturated heterocycles. The van der Waals surface area contributed by atoms with Gasteiger partial charge in [-0.15, -0.1) is 0 Å². The van der Waals surface area contributed by atoms with Crippen LogP contribution in [0.25, 0.3) is 0 Å². The van der Waals surface area contributed by atoms with Gasteiger partial charge >= 0.3 is 5.97 Å². The minimum Gasteiger partial charge on any atom is -0.488 e. The van der Waals surface area contributed by atoms with E-state index in [2.05, 4.69) is 28.7 Å². The van der Waals surface area contributed by atoms with E-state index in [1.165, 1.54) is 10.5 Å². The van der Waals surface area contributed by atoms with Crippen LogP contribution in [0.2, 0.25) is 0 Å². The molecule has 0 aliphatic carbocycles. The number of fused-ring (bicyclic) bond motifs is 4. The average Bonchev–Trinajstić information content (AvgIpc) is 3.11. The van der Waals surface area contributed by atoms with Gasteiger partial charge < -0.3 is 34.5 Å². The number of aliphatic carboxylic acids is 1. The fraction of sp³-hybridized carbons (Fsp3) is 0.593. The number of rotatable bonds is 10. The van der Waals surface area contributed by atoms with Gasteiger partial charge in [-0.1, -0.05) is 13.0 Å². The number of hydrogen-bond acceptors (Lipinski definition) is 5. The summed E-state index contributed by atoms with van der Waals surface area (Å²) in [7, 11) is 0. The minimum absolute atomic E-state index is 0.00706. The first-order valence-electron chi connectivity index (χ1n) is 13.3. The third kappa shape index (κ3) is 4.71. The number of aliphatic hydroxyl groups is 1. The molecule has 2 bridgehead atoms. The predicted octanol–water partition coefficient (Wildman–Crippen LogP) is 0.555. The number of aliphatic hydroxyl groups excluding tert-OH is 1. The maximum absolute atomic E-state index is 12.6. The molecule has 206 valence electrons. The lowest BCUT2D eigenvalue weighted by Crippen LogP contribution is -2.76. The fourth-order valence-corrected chi connectivity index (χ4v) is 7.51. The van der Waals surface area contributed by atoms with Crippen LogP contribution in [0, 0.1) is 15.4 Å². The highest BCUT2D eigenvalue weighted by Crippen LogP contribution is 2.47. The van der Waals surface area contributed by atoms with Crippen LogP contribution in [0.4, 0.5) is 0 Å². The number of carbonyl (C=O) groups excluding carboxylic acids is 2. The van der Waals surface area contributed by atoms with Crippen LogP contribution < -0.4 is 10.5 Å². The molecular formula is C27H37IN4O6+2. The Hall–Kier alpha value is -2.22. The van der Waals surface area contributed by atoms with Crippen LogP contribution in [-0.2, 0) is 20.8 Å². The van der Waals surface area contributed by atoms with Gasteiger partial charge in [-0.3, -0.25) is 9.59 Å². The highest BCUT2D eigenvalue weighted by atomic mass is 127. The molecule has 2 amide bonds. The van der Waals surface area contributed by atoms with Crippen molar-refractivity contribution in [1.29, 1.82) is 0 Å². The Labute approximate surface area is 236 Å². The van der Waals surface area contributed by atoms with E-state index >= 15 is 0 Å². The minimum atomic E-state index is -1.14. The van der Waals surface area contributed by atoms with Crippen LogP contribution in [0.1, 0.15) is 19.4 Å². The van der Waals surface area contributed by atoms with Crippen molar-refractivity contribution >= 4 is 40.4 Å². The lowest BCUT2D eigenvalue weighted by molar-refractivity contribution is -1.08. The van der Waals surface area contributed by atoms with E-state index in [1.54, 1.807) is 6.92 Å². The zero-order valence-electron chi connectivity index (χ0n) is 21.9. The highest BCUT2D eigenvalue weighted by molar-refractivity contribution is 14.1. The number of primary amides is 1. The number of benzene rings is 1. The number of piperazine rings is 3. The van der Waals surface area contributed by atoms with Crippen molar-refractivity contribution in [2.24, 2.45) is 17.6 Å². The number of quaternary nitrogens is 2. The van der Waals surface area contributed by atoms with Crippen molar-refractivity contribution in [2.45, 2.75) is 32.4 Å². The molecule has 4 fully saturated rings. The van der Waals surface area contributed by atoms with E-state index < -0.39 is 18.0 Å². The maximum atomic E-state index is 12.6. The summed E-state index contributed by atoms with van der Waals surface area (Å²) in [5.41, 5.74) is 7.24. The molecule has 5 aliphatic heterocycles. The van der Waals surface area contributed by atoms with E-state index in [1.807, 2.05) is 19.1 Å². The van der Waals surface area contributed by atoms with Gasteiger partial charge in [0.05, 0.1) is 28.2 Å². The standard InChI is InChI=1S/C27H35IN4O6/c1-16-19(25(27(36)37)30-24(16)23(17(2)33)26(30)35)15-38-21-13-18(3-4-20(21)28)5-6-31-7-10-32(11-8-31,12-9-31)14-22(29)34/h3-4,13,16-17,23-24,33H,5-12,14-15H2,1-2H3,(H-2,29,34,36,37)/p+2/t16?,17?,23-,24-,31?,32?/m1/s1. The monoisotopic (exact) mass is 640 g/mol. The first-order chi connectivity index (χ1) is 18.0. The number of carbonyl (C=O) groups is 3. The van der Waals surface area contributed by atoms with E-state index in [0.717, 1.165) is 64.8 Å². The molecule has 38 heavy (non-hydrogen) atoms. The second-order valence-electron chi connectivity index (χ2n) is 11.6. The van der Waals surface area contributed by atoms with Crippen molar-refractivity contribution in [3.8, 4) is 5.75 Å². The molecule has 0 spiro atoms. The second kappa shape index (κ2) is 10.1. The Balaban J connectivity index is 1.25. The smallest absolute Gasteiger partial charge is 0.352 e. The van der Waals surface area contributed by atoms with Gasteiger partial charge in [-0.25, -0.2) is 4.79 Å². The summed E-state index contributed by atoms with van der Waals surface area (Å²) in [6, 6.07) is 5.84. The molecule has 10 nitrogen and oxygen atoms in total. The molecule has 11 heteroatoms. The molecule has 2 unspecified atom stereocenters. The van der Waals surface area contributed by atoms with Gasteiger partial charge in [0.1, 0.15) is 57.3 Å². The molecular weight excluding hydrogens is 603 g/mol. The van der Waals surface area contributed by atoms with Crippen molar-refractivity contribution < 1.29 is 38.3 Å². The quantitative estimate of drug-likeness (QED) is 0.195. The molecule has 0 aromatic heterocycles. The SMILES string of the molecule is CC(O)[C@H]1C(=O)N2C(C(=O)O)=C(COc3cc(CC[N+]45CC[N+](CC(N)=O)(CC4)CC5)ccc3I)C(C)[C@H]12. The van der Waals surface area contributed by atoms with Gasteiger partial charge in [0.2, 0.25) is 5.91 Å². The molecule has 1 aromatic rings. The summed E-state index contributed by atoms with van der Waals surface area (Å²) in [5.74, 6) is -1.79. The second-order valence-corrected chi connectivity index (χ2v) is 12.8. The topological polar surface area (TPSA) is 130 Å². The fourth-order valence-electron chi connectivity index (χ4n) is 7.02. The Kier molecular flexibility index (Phi) is 7.25. The van der Waals surface area contributed by atoms with Gasteiger partial charge in [0.25, 0.3) is 5.91 Å². The summed E-state index contributed by atoms with van der Waals surface area (Å²) >= 11 is 2.22. The van der Waals surface area contributed by atoms with Crippen LogP contribution >= 0.6 is 22.6 Å². The molecule has 5 heterocycles. The molecule has 0 radical (unpaired) electrons. The largest absolute Gasteiger partial charge is 0.488 e. The Bertz CT molecular complexity index is 1180. The molecule has 0 saturated carbocycles. The molecule has 4 N–H and O–H groups in total. The summed E-state index contributed by atoms with van der Waals surface area (Å²) < 4.78 is 9.04. The number of hydrogen-bond donors (Lipinski definition) is 3. The highest BCUT2D eigenvalue weighted by Gasteiger charge is 2.60. The van der Waals surface area contributed by atoms with Crippen LogP contribution in [0.5, 0.6) is 5.75 Å². The van der Waals surface area contributed by atoms with Gasteiger partial charge in [0.15, 0.2) is 6.54 Å². The van der Waals surface area contributed by atoms with E-state index in [9.17, 15) is 24.6 Å². The van der Waals surface area contributed by atoms with Gasteiger partial charge in [-0.05, 0) is 47.2 Å². The number of carboxylic acids is 1. The lowest BCUT2D eigenvalue weighted by Gasteiger charge is -2.55. The van der Waals surface area contributed by atoms with Gasteiger partial charge in [0, 0.05) is 17.9 Å². The van der Waals surface area contributed by atoms with Crippen LogP contribution in [0.3, 0.4) is 0 Å². The molecule has 5 aliphatic rings. The first-order valence-corrected chi connectivity index (χ1v) is 14.4. The number of nitrogens with two attached hydrogens (primary N) is 1. The van der Waals surface area contributed by atoms with Crippen molar-refractivity contribution in [3.63, 3.8) is 0 Å². The summed E-state index contributed by atoms with van der Waals surface area (Å²) in [4.78, 5) is 37.5. The average molecular weight is 641 g/mol. The number of nitrogens with zero attached hydrogens (tertiary/aromatic N) is 3. The molecule has 4 atom stereocenters.